The van der Waals surface area contributed by atoms with E-state index in [9.17, 15) is 4.79 Å². The first-order valence-corrected chi connectivity index (χ1v) is 16.8. The molecule has 0 atom stereocenters. The number of likely N-dealkylation sites (tertiary alicyclic amines) is 1. The summed E-state index contributed by atoms with van der Waals surface area (Å²) in [6.45, 7) is 6.35. The Hall–Kier alpha value is -4.87. The Morgan fingerprint density at radius 2 is 1.17 bits per heavy atom. The summed E-state index contributed by atoms with van der Waals surface area (Å²) in [5, 5.41) is 0. The van der Waals surface area contributed by atoms with Gasteiger partial charge in [0, 0.05) is 37.8 Å². The van der Waals surface area contributed by atoms with Crippen LogP contribution in [-0.2, 0) is 32.7 Å². The standard InChI is InChI=1S/C42H44N2O3/c1-2-33-18-21-38(22-19-33)42(45)44(39-24-26-43(27-25-39)29-34-12-6-3-7-13-34)30-37-20-23-40(46-31-35-14-8-4-9-15-35)41(28-37)47-32-36-16-10-5-11-17-36/h3-23,28,39H,2,24-27,29-32H2,1H3. The van der Waals surface area contributed by atoms with Gasteiger partial charge in [0.1, 0.15) is 13.2 Å². The van der Waals surface area contributed by atoms with Crippen molar-refractivity contribution in [2.45, 2.75) is 58.5 Å². The van der Waals surface area contributed by atoms with Crippen LogP contribution in [0.4, 0.5) is 0 Å². The van der Waals surface area contributed by atoms with E-state index in [0.717, 1.165) is 61.2 Å². The zero-order chi connectivity index (χ0) is 32.3. The summed E-state index contributed by atoms with van der Waals surface area (Å²) in [4.78, 5) is 18.8. The lowest BCUT2D eigenvalue weighted by Gasteiger charge is -2.39. The number of ether oxygens (including phenoxy) is 2. The quantitative estimate of drug-likeness (QED) is 0.131. The lowest BCUT2D eigenvalue weighted by molar-refractivity contribution is 0.0542. The Bertz CT molecular complexity index is 1680. The Morgan fingerprint density at radius 1 is 0.638 bits per heavy atom. The van der Waals surface area contributed by atoms with Crippen molar-refractivity contribution in [1.82, 2.24) is 9.80 Å². The number of aryl methyl sites for hydroxylation is 1. The molecule has 1 aliphatic rings. The highest BCUT2D eigenvalue weighted by Gasteiger charge is 2.29. The van der Waals surface area contributed by atoms with E-state index in [2.05, 4.69) is 89.5 Å². The van der Waals surface area contributed by atoms with Crippen molar-refractivity contribution < 1.29 is 14.3 Å². The largest absolute Gasteiger partial charge is 0.485 e. The van der Waals surface area contributed by atoms with Crippen LogP contribution in [0.2, 0.25) is 0 Å². The number of rotatable bonds is 13. The van der Waals surface area contributed by atoms with Crippen molar-refractivity contribution in [1.29, 1.82) is 0 Å². The SMILES string of the molecule is CCc1ccc(C(=O)N(Cc2ccc(OCc3ccccc3)c(OCc3ccccc3)c2)C2CCN(Cc3ccccc3)CC2)cc1. The molecule has 1 fully saturated rings. The van der Waals surface area contributed by atoms with Gasteiger partial charge in [-0.05, 0) is 71.3 Å². The third kappa shape index (κ3) is 8.90. The second-order valence-corrected chi connectivity index (χ2v) is 12.3. The van der Waals surface area contributed by atoms with Gasteiger partial charge in [-0.15, -0.1) is 0 Å². The van der Waals surface area contributed by atoms with Crippen molar-refractivity contribution in [3.63, 3.8) is 0 Å². The highest BCUT2D eigenvalue weighted by Crippen LogP contribution is 2.32. The number of hydrogen-bond acceptors (Lipinski definition) is 4. The molecule has 0 radical (unpaired) electrons. The average Bonchev–Trinajstić information content (AvgIpc) is 3.14. The fraction of sp³-hybridized carbons (Fsp3) is 0.262. The number of amides is 1. The fourth-order valence-corrected chi connectivity index (χ4v) is 6.20. The molecule has 0 aromatic heterocycles. The zero-order valence-corrected chi connectivity index (χ0v) is 27.3. The molecule has 5 heteroatoms. The molecule has 5 nitrogen and oxygen atoms in total. The first kappa shape index (κ1) is 32.1. The molecule has 240 valence electrons. The van der Waals surface area contributed by atoms with Crippen molar-refractivity contribution in [2.24, 2.45) is 0 Å². The predicted molar refractivity (Wildman–Crippen MR) is 188 cm³/mol. The van der Waals surface area contributed by atoms with Crippen LogP contribution in [0.15, 0.2) is 133 Å². The van der Waals surface area contributed by atoms with Crippen LogP contribution in [0.25, 0.3) is 0 Å². The highest BCUT2D eigenvalue weighted by molar-refractivity contribution is 5.94. The summed E-state index contributed by atoms with van der Waals surface area (Å²) in [7, 11) is 0. The van der Waals surface area contributed by atoms with E-state index in [1.165, 1.54) is 11.1 Å². The molecular weight excluding hydrogens is 580 g/mol. The van der Waals surface area contributed by atoms with E-state index in [-0.39, 0.29) is 11.9 Å². The van der Waals surface area contributed by atoms with E-state index in [4.69, 9.17) is 9.47 Å². The Labute approximate surface area is 279 Å². The summed E-state index contributed by atoms with van der Waals surface area (Å²) in [6, 6.07) is 45.3. The van der Waals surface area contributed by atoms with Gasteiger partial charge in [0.25, 0.3) is 5.91 Å². The molecule has 1 saturated heterocycles. The van der Waals surface area contributed by atoms with Crippen molar-refractivity contribution >= 4 is 5.91 Å². The number of nitrogens with zero attached hydrogens (tertiary/aromatic N) is 2. The number of piperidine rings is 1. The summed E-state index contributed by atoms with van der Waals surface area (Å²) in [6.07, 6.45) is 2.81. The molecule has 1 amide bonds. The number of carbonyl (C=O) groups excluding carboxylic acids is 1. The first-order valence-electron chi connectivity index (χ1n) is 16.8. The van der Waals surface area contributed by atoms with Crippen molar-refractivity contribution in [3.8, 4) is 11.5 Å². The lowest BCUT2D eigenvalue weighted by atomic mass is 9.99. The van der Waals surface area contributed by atoms with Gasteiger partial charge in [-0.25, -0.2) is 0 Å². The van der Waals surface area contributed by atoms with Crippen LogP contribution in [0.1, 0.15) is 57.9 Å². The normalized spacial score (nSPS) is 13.6. The maximum absolute atomic E-state index is 14.2. The van der Waals surface area contributed by atoms with Crippen molar-refractivity contribution in [3.05, 3.63) is 167 Å². The topological polar surface area (TPSA) is 42.0 Å². The van der Waals surface area contributed by atoms with Gasteiger partial charge in [-0.3, -0.25) is 9.69 Å². The molecule has 5 aromatic rings. The first-order chi connectivity index (χ1) is 23.1. The van der Waals surface area contributed by atoms with Crippen LogP contribution in [-0.4, -0.2) is 34.8 Å². The van der Waals surface area contributed by atoms with Crippen molar-refractivity contribution in [2.75, 3.05) is 13.1 Å². The third-order valence-electron chi connectivity index (χ3n) is 8.95. The van der Waals surface area contributed by atoms with Gasteiger partial charge in [0.15, 0.2) is 11.5 Å². The van der Waals surface area contributed by atoms with Gasteiger partial charge in [-0.1, -0.05) is 116 Å². The molecule has 6 rings (SSSR count). The fourth-order valence-electron chi connectivity index (χ4n) is 6.20. The van der Waals surface area contributed by atoms with Gasteiger partial charge in [0.2, 0.25) is 0 Å². The maximum atomic E-state index is 14.2. The van der Waals surface area contributed by atoms with Gasteiger partial charge in [-0.2, -0.15) is 0 Å². The van der Waals surface area contributed by atoms with Gasteiger partial charge >= 0.3 is 0 Å². The van der Waals surface area contributed by atoms with E-state index >= 15 is 0 Å². The molecule has 47 heavy (non-hydrogen) atoms. The lowest BCUT2D eigenvalue weighted by Crippen LogP contribution is -2.46. The smallest absolute Gasteiger partial charge is 0.254 e. The molecule has 0 aliphatic carbocycles. The molecule has 0 unspecified atom stereocenters. The molecule has 5 aromatic carbocycles. The summed E-state index contributed by atoms with van der Waals surface area (Å²) < 4.78 is 12.7. The average molecular weight is 625 g/mol. The van der Waals surface area contributed by atoms with E-state index in [1.54, 1.807) is 0 Å². The minimum absolute atomic E-state index is 0.0744. The Morgan fingerprint density at radius 3 is 1.74 bits per heavy atom. The second kappa shape index (κ2) is 16.1. The second-order valence-electron chi connectivity index (χ2n) is 12.3. The molecule has 0 N–H and O–H groups in total. The number of benzene rings is 5. The minimum atomic E-state index is 0.0744. The Balaban J connectivity index is 1.23. The van der Waals surface area contributed by atoms with Crippen LogP contribution in [0.3, 0.4) is 0 Å². The monoisotopic (exact) mass is 624 g/mol. The van der Waals surface area contributed by atoms with Crippen LogP contribution in [0.5, 0.6) is 11.5 Å². The predicted octanol–water partition coefficient (Wildman–Crippen LogP) is 8.71. The van der Waals surface area contributed by atoms with E-state index in [0.29, 0.717) is 31.3 Å². The number of hydrogen-bond donors (Lipinski definition) is 0. The summed E-state index contributed by atoms with van der Waals surface area (Å²) >= 11 is 0. The van der Waals surface area contributed by atoms with Crippen LogP contribution in [0, 0.1) is 0 Å². The Kier molecular flexibility index (Phi) is 11.0. The third-order valence-corrected chi connectivity index (χ3v) is 8.95. The van der Waals surface area contributed by atoms with Crippen LogP contribution < -0.4 is 9.47 Å². The molecule has 1 aliphatic heterocycles. The zero-order valence-electron chi connectivity index (χ0n) is 27.3. The number of carbonyl (C=O) groups is 1. The summed E-state index contributed by atoms with van der Waals surface area (Å²) in [5.41, 5.74) is 6.49. The minimum Gasteiger partial charge on any atom is -0.485 e. The molecule has 0 saturated carbocycles. The molecule has 0 bridgehead atoms. The van der Waals surface area contributed by atoms with E-state index in [1.807, 2.05) is 60.7 Å². The van der Waals surface area contributed by atoms with Crippen LogP contribution >= 0.6 is 0 Å². The van der Waals surface area contributed by atoms with E-state index < -0.39 is 0 Å². The molecule has 0 spiro atoms. The molecule has 1 heterocycles. The highest BCUT2D eigenvalue weighted by atomic mass is 16.5. The summed E-state index contributed by atoms with van der Waals surface area (Å²) in [5.74, 6) is 1.45. The van der Waals surface area contributed by atoms with Gasteiger partial charge < -0.3 is 14.4 Å². The van der Waals surface area contributed by atoms with Gasteiger partial charge in [0.05, 0.1) is 0 Å². The molecular formula is C42H44N2O3. The maximum Gasteiger partial charge on any atom is 0.254 e.